The molecule has 0 bridgehead atoms. The largest absolute Gasteiger partial charge is 0.455 e. The highest BCUT2D eigenvalue weighted by Crippen LogP contribution is 2.37. The maximum atomic E-state index is 14.8. The molecular weight excluding hydrogens is 481 g/mol. The van der Waals surface area contributed by atoms with E-state index in [9.17, 15) is 9.18 Å². The molecule has 1 atom stereocenters. The standard InChI is InChI=1S/C27H21ClFN5O2/c1-14(32-22-7-8-23(28)33-24(22)15-12-31-34(2)13-15)19-10-16(29)11-20-25(35)18-5-6-21-17(4-3-9-30-21)26(18)36-27(19)20/h3-4,7-14,32H,5-6H2,1-2H3/t14-/m1/s1. The number of aryl methyl sites for hydroxylation is 2. The van der Waals surface area contributed by atoms with Crippen molar-refractivity contribution in [1.29, 1.82) is 0 Å². The lowest BCUT2D eigenvalue weighted by Crippen LogP contribution is -2.18. The van der Waals surface area contributed by atoms with Gasteiger partial charge in [0.2, 0.25) is 0 Å². The van der Waals surface area contributed by atoms with Crippen LogP contribution in [-0.4, -0.2) is 19.7 Å². The fourth-order valence-electron chi connectivity index (χ4n) is 4.81. The van der Waals surface area contributed by atoms with Crippen molar-refractivity contribution < 1.29 is 8.81 Å². The predicted molar refractivity (Wildman–Crippen MR) is 137 cm³/mol. The molecule has 0 radical (unpaired) electrons. The summed E-state index contributed by atoms with van der Waals surface area (Å²) in [6, 6.07) is 9.44. The number of anilines is 1. The van der Waals surface area contributed by atoms with E-state index in [1.807, 2.05) is 38.4 Å². The van der Waals surface area contributed by atoms with Crippen molar-refractivity contribution in [3.8, 4) is 22.6 Å². The number of rotatable bonds is 4. The summed E-state index contributed by atoms with van der Waals surface area (Å²) in [7, 11) is 1.82. The second-order valence-corrected chi connectivity index (χ2v) is 9.29. The molecular formula is C27H21ClFN5O2. The van der Waals surface area contributed by atoms with Crippen molar-refractivity contribution in [1.82, 2.24) is 19.7 Å². The molecule has 9 heteroatoms. The van der Waals surface area contributed by atoms with Gasteiger partial charge in [0, 0.05) is 41.7 Å². The van der Waals surface area contributed by atoms with Gasteiger partial charge in [-0.2, -0.15) is 5.10 Å². The Kier molecular flexibility index (Phi) is 5.34. The van der Waals surface area contributed by atoms with Gasteiger partial charge < -0.3 is 9.73 Å². The summed E-state index contributed by atoms with van der Waals surface area (Å²) in [5.41, 5.74) is 4.98. The van der Waals surface area contributed by atoms with Crippen LogP contribution in [0.25, 0.3) is 33.6 Å². The van der Waals surface area contributed by atoms with Crippen molar-refractivity contribution in [2.45, 2.75) is 25.8 Å². The van der Waals surface area contributed by atoms with Crippen LogP contribution in [0.15, 0.2) is 64.2 Å². The molecule has 6 rings (SSSR count). The van der Waals surface area contributed by atoms with E-state index in [2.05, 4.69) is 20.4 Å². The molecule has 1 aliphatic carbocycles. The Morgan fingerprint density at radius 2 is 2.08 bits per heavy atom. The molecule has 7 nitrogen and oxygen atoms in total. The minimum atomic E-state index is -0.502. The summed E-state index contributed by atoms with van der Waals surface area (Å²) >= 11 is 6.18. The lowest BCUT2D eigenvalue weighted by molar-refractivity contribution is 0.585. The van der Waals surface area contributed by atoms with Crippen LogP contribution in [-0.2, 0) is 19.9 Å². The number of pyridine rings is 2. The normalized spacial score (nSPS) is 13.3. The molecule has 0 amide bonds. The third-order valence-electron chi connectivity index (χ3n) is 6.50. The third kappa shape index (κ3) is 3.74. The van der Waals surface area contributed by atoms with E-state index in [1.54, 1.807) is 23.1 Å². The number of fused-ring (bicyclic) bond motifs is 4. The van der Waals surface area contributed by atoms with Gasteiger partial charge in [0.15, 0.2) is 5.43 Å². The minimum absolute atomic E-state index is 0.210. The Balaban J connectivity index is 1.49. The van der Waals surface area contributed by atoms with E-state index in [0.717, 1.165) is 16.8 Å². The van der Waals surface area contributed by atoms with Crippen molar-refractivity contribution in [3.63, 3.8) is 0 Å². The molecule has 1 aliphatic rings. The molecule has 4 aromatic heterocycles. The molecule has 180 valence electrons. The molecule has 0 fully saturated rings. The zero-order valence-corrected chi connectivity index (χ0v) is 20.3. The van der Waals surface area contributed by atoms with Crippen LogP contribution in [0, 0.1) is 5.82 Å². The van der Waals surface area contributed by atoms with Gasteiger partial charge in [-0.25, -0.2) is 9.37 Å². The number of nitrogens with one attached hydrogen (secondary N) is 1. The first-order chi connectivity index (χ1) is 17.4. The maximum absolute atomic E-state index is 14.8. The van der Waals surface area contributed by atoms with E-state index in [1.165, 1.54) is 12.1 Å². The van der Waals surface area contributed by atoms with Crippen molar-refractivity contribution in [3.05, 3.63) is 93.0 Å². The van der Waals surface area contributed by atoms with Gasteiger partial charge in [-0.1, -0.05) is 11.6 Å². The molecule has 0 spiro atoms. The first-order valence-corrected chi connectivity index (χ1v) is 11.9. The molecule has 5 aromatic rings. The fraction of sp³-hybridized carbons (Fsp3) is 0.185. The van der Waals surface area contributed by atoms with Gasteiger partial charge in [-0.3, -0.25) is 14.5 Å². The SMILES string of the molecule is C[C@@H](Nc1ccc(Cl)nc1-c1cnn(C)c1)c1cc(F)cc2c(=O)c3c(oc12)-c1cccnc1CC3. The Labute approximate surface area is 210 Å². The molecule has 4 heterocycles. The Hall–Kier alpha value is -4.04. The second-order valence-electron chi connectivity index (χ2n) is 8.91. The lowest BCUT2D eigenvalue weighted by atomic mass is 9.92. The number of aromatic nitrogens is 4. The van der Waals surface area contributed by atoms with Crippen molar-refractivity contribution >= 4 is 28.3 Å². The molecule has 36 heavy (non-hydrogen) atoms. The van der Waals surface area contributed by atoms with E-state index >= 15 is 0 Å². The maximum Gasteiger partial charge on any atom is 0.196 e. The van der Waals surface area contributed by atoms with E-state index in [4.69, 9.17) is 16.0 Å². The van der Waals surface area contributed by atoms with Crippen LogP contribution in [0.1, 0.15) is 29.8 Å². The van der Waals surface area contributed by atoms with Gasteiger partial charge in [-0.05, 0) is 56.2 Å². The highest BCUT2D eigenvalue weighted by Gasteiger charge is 2.26. The molecule has 0 saturated heterocycles. The zero-order chi connectivity index (χ0) is 25.0. The topological polar surface area (TPSA) is 85.8 Å². The van der Waals surface area contributed by atoms with Crippen molar-refractivity contribution in [2.75, 3.05) is 5.32 Å². The Bertz CT molecular complexity index is 1710. The highest BCUT2D eigenvalue weighted by atomic mass is 35.5. The van der Waals surface area contributed by atoms with Gasteiger partial charge in [0.25, 0.3) is 0 Å². The summed E-state index contributed by atoms with van der Waals surface area (Å²) in [4.78, 5) is 22.4. The van der Waals surface area contributed by atoms with Crippen LogP contribution in [0.2, 0.25) is 5.15 Å². The summed E-state index contributed by atoms with van der Waals surface area (Å²) in [5.74, 6) is 0.00380. The lowest BCUT2D eigenvalue weighted by Gasteiger charge is -2.21. The average molecular weight is 502 g/mol. The van der Waals surface area contributed by atoms with Gasteiger partial charge >= 0.3 is 0 Å². The predicted octanol–water partition coefficient (Wildman–Crippen LogP) is 5.71. The van der Waals surface area contributed by atoms with E-state index in [-0.39, 0.29) is 10.8 Å². The summed E-state index contributed by atoms with van der Waals surface area (Å²) < 4.78 is 22.8. The smallest absolute Gasteiger partial charge is 0.196 e. The van der Waals surface area contributed by atoms with Gasteiger partial charge in [-0.15, -0.1) is 0 Å². The Morgan fingerprint density at radius 1 is 1.22 bits per heavy atom. The minimum Gasteiger partial charge on any atom is -0.455 e. The highest BCUT2D eigenvalue weighted by molar-refractivity contribution is 6.29. The molecule has 0 saturated carbocycles. The Morgan fingerprint density at radius 3 is 2.89 bits per heavy atom. The quantitative estimate of drug-likeness (QED) is 0.317. The van der Waals surface area contributed by atoms with E-state index < -0.39 is 11.9 Å². The number of halogens is 2. The van der Waals surface area contributed by atoms with Gasteiger partial charge in [0.05, 0.1) is 34.7 Å². The zero-order valence-electron chi connectivity index (χ0n) is 19.5. The van der Waals surface area contributed by atoms with Crippen LogP contribution < -0.4 is 10.7 Å². The van der Waals surface area contributed by atoms with Crippen LogP contribution in [0.3, 0.4) is 0 Å². The molecule has 1 aromatic carbocycles. The number of nitrogens with zero attached hydrogens (tertiary/aromatic N) is 4. The molecule has 0 aliphatic heterocycles. The number of benzene rings is 1. The monoisotopic (exact) mass is 501 g/mol. The van der Waals surface area contributed by atoms with Crippen LogP contribution in [0.5, 0.6) is 0 Å². The molecule has 0 unspecified atom stereocenters. The summed E-state index contributed by atoms with van der Waals surface area (Å²) in [5, 5.41) is 8.19. The first-order valence-electron chi connectivity index (χ1n) is 11.5. The molecule has 1 N–H and O–H groups in total. The average Bonchev–Trinajstić information content (AvgIpc) is 3.31. The summed E-state index contributed by atoms with van der Waals surface area (Å²) in [6.45, 7) is 1.88. The van der Waals surface area contributed by atoms with Crippen LogP contribution in [0.4, 0.5) is 10.1 Å². The third-order valence-corrected chi connectivity index (χ3v) is 6.71. The van der Waals surface area contributed by atoms with E-state index in [0.29, 0.717) is 51.8 Å². The van der Waals surface area contributed by atoms with Gasteiger partial charge in [0.1, 0.15) is 22.3 Å². The fourth-order valence-corrected chi connectivity index (χ4v) is 4.95. The first kappa shape index (κ1) is 22.4. The summed E-state index contributed by atoms with van der Waals surface area (Å²) in [6.07, 6.45) is 6.41. The number of hydrogen-bond acceptors (Lipinski definition) is 6. The second kappa shape index (κ2) is 8.57. The van der Waals surface area contributed by atoms with Crippen molar-refractivity contribution in [2.24, 2.45) is 7.05 Å². The number of hydrogen-bond donors (Lipinski definition) is 1. The van der Waals surface area contributed by atoms with Crippen LogP contribution >= 0.6 is 11.6 Å².